The lowest BCUT2D eigenvalue weighted by atomic mass is 10.1. The Morgan fingerprint density at radius 3 is 2.71 bits per heavy atom. The second-order valence-electron chi connectivity index (χ2n) is 4.52. The molecule has 112 valence electrons. The number of halogens is 2. The summed E-state index contributed by atoms with van der Waals surface area (Å²) < 4.78 is 18.8. The maximum atomic E-state index is 13.4. The molecule has 0 bridgehead atoms. The molecule has 0 fully saturated rings. The van der Waals surface area contributed by atoms with E-state index in [0.29, 0.717) is 24.5 Å². The van der Waals surface area contributed by atoms with E-state index in [4.69, 9.17) is 16.3 Å². The largest absolute Gasteiger partial charge is 0.494 e. The van der Waals surface area contributed by atoms with Gasteiger partial charge >= 0.3 is 0 Å². The van der Waals surface area contributed by atoms with Gasteiger partial charge in [-0.2, -0.15) is 0 Å². The molecule has 0 saturated carbocycles. The van der Waals surface area contributed by atoms with Crippen LogP contribution in [0.2, 0.25) is 5.02 Å². The Kier molecular flexibility index (Phi) is 5.42. The molecular formula is C16H17ClFNO2. The Morgan fingerprint density at radius 1 is 1.24 bits per heavy atom. The molecule has 0 aromatic heterocycles. The van der Waals surface area contributed by atoms with Gasteiger partial charge < -0.3 is 15.2 Å². The zero-order valence-corrected chi connectivity index (χ0v) is 12.5. The van der Waals surface area contributed by atoms with E-state index in [2.05, 4.69) is 5.32 Å². The summed E-state index contributed by atoms with van der Waals surface area (Å²) in [6.07, 6.45) is 0. The van der Waals surface area contributed by atoms with Gasteiger partial charge in [-0.05, 0) is 42.8 Å². The lowest BCUT2D eigenvalue weighted by Crippen LogP contribution is -2.02. The number of rotatable bonds is 6. The first-order valence-corrected chi connectivity index (χ1v) is 7.06. The van der Waals surface area contributed by atoms with Crippen molar-refractivity contribution in [2.24, 2.45) is 0 Å². The van der Waals surface area contributed by atoms with Crippen LogP contribution < -0.4 is 10.1 Å². The van der Waals surface area contributed by atoms with Crippen LogP contribution in [0.4, 0.5) is 10.1 Å². The fourth-order valence-electron chi connectivity index (χ4n) is 1.96. The summed E-state index contributed by atoms with van der Waals surface area (Å²) in [7, 11) is 0. The van der Waals surface area contributed by atoms with Crippen molar-refractivity contribution in [2.45, 2.75) is 20.1 Å². The van der Waals surface area contributed by atoms with Crippen LogP contribution in [-0.2, 0) is 13.2 Å². The number of aliphatic hydroxyl groups is 1. The van der Waals surface area contributed by atoms with Gasteiger partial charge in [-0.3, -0.25) is 0 Å². The summed E-state index contributed by atoms with van der Waals surface area (Å²) in [5.41, 5.74) is 2.33. The molecule has 0 saturated heterocycles. The van der Waals surface area contributed by atoms with Crippen molar-refractivity contribution in [3.05, 3.63) is 58.4 Å². The third kappa shape index (κ3) is 4.09. The van der Waals surface area contributed by atoms with Crippen LogP contribution in [0.5, 0.6) is 5.75 Å². The Morgan fingerprint density at radius 2 is 2.05 bits per heavy atom. The highest BCUT2D eigenvalue weighted by Crippen LogP contribution is 2.24. The molecule has 2 N–H and O–H groups in total. The van der Waals surface area contributed by atoms with Gasteiger partial charge in [0, 0.05) is 17.8 Å². The van der Waals surface area contributed by atoms with Gasteiger partial charge in [-0.15, -0.1) is 0 Å². The quantitative estimate of drug-likeness (QED) is 0.848. The summed E-state index contributed by atoms with van der Waals surface area (Å²) in [5.74, 6) is 0.238. The van der Waals surface area contributed by atoms with Crippen molar-refractivity contribution in [1.29, 1.82) is 0 Å². The van der Waals surface area contributed by atoms with Crippen molar-refractivity contribution in [3.63, 3.8) is 0 Å². The zero-order valence-electron chi connectivity index (χ0n) is 11.7. The lowest BCUT2D eigenvalue weighted by molar-refractivity contribution is 0.267. The summed E-state index contributed by atoms with van der Waals surface area (Å²) in [4.78, 5) is 0. The van der Waals surface area contributed by atoms with Crippen LogP contribution in [-0.4, -0.2) is 11.7 Å². The molecule has 2 aromatic rings. The van der Waals surface area contributed by atoms with E-state index in [1.54, 1.807) is 12.1 Å². The highest BCUT2D eigenvalue weighted by Gasteiger charge is 2.05. The first-order chi connectivity index (χ1) is 10.1. The molecule has 0 heterocycles. The summed E-state index contributed by atoms with van der Waals surface area (Å²) in [6.45, 7) is 2.81. The molecule has 0 spiro atoms. The van der Waals surface area contributed by atoms with E-state index in [0.717, 1.165) is 11.3 Å². The summed E-state index contributed by atoms with van der Waals surface area (Å²) in [6, 6.07) is 10.2. The third-order valence-electron chi connectivity index (χ3n) is 3.01. The van der Waals surface area contributed by atoms with Crippen LogP contribution in [0.15, 0.2) is 36.4 Å². The van der Waals surface area contributed by atoms with Crippen LogP contribution in [0.1, 0.15) is 18.1 Å². The molecule has 2 rings (SSSR count). The molecule has 5 heteroatoms. The molecule has 0 aliphatic rings. The first kappa shape index (κ1) is 15.6. The topological polar surface area (TPSA) is 41.5 Å². The second kappa shape index (κ2) is 7.29. The molecule has 0 atom stereocenters. The highest BCUT2D eigenvalue weighted by molar-refractivity contribution is 6.30. The number of nitrogens with one attached hydrogen (secondary N) is 1. The van der Waals surface area contributed by atoms with Crippen LogP contribution in [0.25, 0.3) is 0 Å². The second-order valence-corrected chi connectivity index (χ2v) is 4.92. The molecule has 0 unspecified atom stereocenters. The monoisotopic (exact) mass is 309 g/mol. The molecule has 2 aromatic carbocycles. The van der Waals surface area contributed by atoms with E-state index in [1.165, 1.54) is 12.1 Å². The van der Waals surface area contributed by atoms with Gasteiger partial charge in [0.1, 0.15) is 11.6 Å². The minimum Gasteiger partial charge on any atom is -0.494 e. The fourth-order valence-corrected chi connectivity index (χ4v) is 2.08. The Balaban J connectivity index is 2.07. The number of benzene rings is 2. The zero-order chi connectivity index (χ0) is 15.2. The van der Waals surface area contributed by atoms with Gasteiger partial charge in [-0.1, -0.05) is 17.7 Å². The van der Waals surface area contributed by atoms with Crippen molar-refractivity contribution >= 4 is 17.3 Å². The minimum atomic E-state index is -0.432. The highest BCUT2D eigenvalue weighted by atomic mass is 35.5. The maximum Gasteiger partial charge on any atom is 0.142 e. The predicted molar refractivity (Wildman–Crippen MR) is 82.3 cm³/mol. The van der Waals surface area contributed by atoms with Gasteiger partial charge in [0.25, 0.3) is 0 Å². The van der Waals surface area contributed by atoms with Crippen LogP contribution >= 0.6 is 11.6 Å². The number of anilines is 1. The summed E-state index contributed by atoms with van der Waals surface area (Å²) in [5, 5.41) is 12.6. The van der Waals surface area contributed by atoms with E-state index >= 15 is 0 Å². The van der Waals surface area contributed by atoms with Gasteiger partial charge in [0.05, 0.1) is 18.2 Å². The van der Waals surface area contributed by atoms with Gasteiger partial charge in [0.15, 0.2) is 0 Å². The minimum absolute atomic E-state index is 0.0968. The van der Waals surface area contributed by atoms with Crippen molar-refractivity contribution < 1.29 is 14.2 Å². The number of ether oxygens (including phenoxy) is 1. The molecule has 0 aliphatic carbocycles. The Hall–Kier alpha value is -1.78. The van der Waals surface area contributed by atoms with Crippen molar-refractivity contribution in [3.8, 4) is 5.75 Å². The lowest BCUT2D eigenvalue weighted by Gasteiger charge is -2.12. The Labute approximate surface area is 128 Å². The number of hydrogen-bond acceptors (Lipinski definition) is 3. The molecule has 21 heavy (non-hydrogen) atoms. The SMILES string of the molecule is CCOc1ccc(NCc2ccc(Cl)c(F)c2)cc1CO. The van der Waals surface area contributed by atoms with E-state index in [-0.39, 0.29) is 11.6 Å². The van der Waals surface area contributed by atoms with Crippen LogP contribution in [0, 0.1) is 5.82 Å². The van der Waals surface area contributed by atoms with E-state index in [1.807, 2.05) is 19.1 Å². The first-order valence-electron chi connectivity index (χ1n) is 6.68. The standard InChI is InChI=1S/C16H17ClFNO2/c1-2-21-16-6-4-13(8-12(16)10-20)19-9-11-3-5-14(17)15(18)7-11/h3-8,19-20H,2,9-10H2,1H3. The average molecular weight is 310 g/mol. The molecule has 0 amide bonds. The summed E-state index contributed by atoms with van der Waals surface area (Å²) >= 11 is 5.65. The van der Waals surface area contributed by atoms with Crippen LogP contribution in [0.3, 0.4) is 0 Å². The molecule has 3 nitrogen and oxygen atoms in total. The van der Waals surface area contributed by atoms with E-state index < -0.39 is 5.82 Å². The number of aliphatic hydroxyl groups excluding tert-OH is 1. The Bertz CT molecular complexity index is 619. The predicted octanol–water partition coefficient (Wildman–Crippen LogP) is 3.98. The van der Waals surface area contributed by atoms with Gasteiger partial charge in [-0.25, -0.2) is 4.39 Å². The normalized spacial score (nSPS) is 10.5. The average Bonchev–Trinajstić information content (AvgIpc) is 2.49. The van der Waals surface area contributed by atoms with Crippen molar-refractivity contribution in [2.75, 3.05) is 11.9 Å². The maximum absolute atomic E-state index is 13.4. The van der Waals surface area contributed by atoms with Gasteiger partial charge in [0.2, 0.25) is 0 Å². The van der Waals surface area contributed by atoms with Crippen molar-refractivity contribution in [1.82, 2.24) is 0 Å². The third-order valence-corrected chi connectivity index (χ3v) is 3.32. The van der Waals surface area contributed by atoms with E-state index in [9.17, 15) is 9.50 Å². The molecule has 0 aliphatic heterocycles. The fraction of sp³-hybridized carbons (Fsp3) is 0.250. The number of hydrogen-bond donors (Lipinski definition) is 2. The molecular weight excluding hydrogens is 293 g/mol. The smallest absolute Gasteiger partial charge is 0.142 e. The molecule has 0 radical (unpaired) electrons.